The summed E-state index contributed by atoms with van der Waals surface area (Å²) in [4.78, 5) is 10.9. The van der Waals surface area contributed by atoms with Crippen LogP contribution in [0.4, 0.5) is 4.39 Å². The summed E-state index contributed by atoms with van der Waals surface area (Å²) in [7, 11) is 0. The smallest absolute Gasteiger partial charge is 0.310 e. The molecule has 0 spiro atoms. The summed E-state index contributed by atoms with van der Waals surface area (Å²) in [5.41, 5.74) is 0.255. The number of hydrogen-bond acceptors (Lipinski definition) is 1. The van der Waals surface area contributed by atoms with Crippen LogP contribution in [0.3, 0.4) is 0 Å². The van der Waals surface area contributed by atoms with E-state index in [1.807, 2.05) is 12.1 Å². The van der Waals surface area contributed by atoms with Gasteiger partial charge in [0, 0.05) is 5.56 Å². The maximum absolute atomic E-state index is 13.7. The quantitative estimate of drug-likeness (QED) is 0.840. The van der Waals surface area contributed by atoms with Crippen LogP contribution in [0.15, 0.2) is 36.4 Å². The molecule has 0 radical (unpaired) electrons. The number of hydrogen-bond donors (Lipinski definition) is 1. The first kappa shape index (κ1) is 10.6. The largest absolute Gasteiger partial charge is 0.481 e. The van der Waals surface area contributed by atoms with Crippen molar-refractivity contribution in [1.82, 2.24) is 0 Å². The lowest BCUT2D eigenvalue weighted by Gasteiger charge is -2.11. The summed E-state index contributed by atoms with van der Waals surface area (Å²) >= 11 is 0. The van der Waals surface area contributed by atoms with Gasteiger partial charge in [-0.05, 0) is 23.8 Å². The van der Waals surface area contributed by atoms with Crippen molar-refractivity contribution in [2.24, 2.45) is 0 Å². The molecule has 0 saturated carbocycles. The molecule has 2 nitrogen and oxygen atoms in total. The second-order valence-electron chi connectivity index (χ2n) is 3.74. The molecule has 3 heteroatoms. The molecule has 0 amide bonds. The highest BCUT2D eigenvalue weighted by molar-refractivity contribution is 5.90. The van der Waals surface area contributed by atoms with Crippen LogP contribution in [0, 0.1) is 5.82 Å². The van der Waals surface area contributed by atoms with Crippen molar-refractivity contribution in [2.75, 3.05) is 0 Å². The first-order valence-electron chi connectivity index (χ1n) is 5.01. The second-order valence-corrected chi connectivity index (χ2v) is 3.74. The molecule has 0 fully saturated rings. The minimum Gasteiger partial charge on any atom is -0.481 e. The highest BCUT2D eigenvalue weighted by atomic mass is 19.1. The number of rotatable bonds is 2. The molecule has 82 valence electrons. The van der Waals surface area contributed by atoms with E-state index in [1.165, 1.54) is 13.0 Å². The number of fused-ring (bicyclic) bond motifs is 1. The van der Waals surface area contributed by atoms with Gasteiger partial charge in [-0.15, -0.1) is 0 Å². The predicted molar refractivity (Wildman–Crippen MR) is 60.0 cm³/mol. The zero-order chi connectivity index (χ0) is 11.7. The Morgan fingerprint density at radius 1 is 1.25 bits per heavy atom. The van der Waals surface area contributed by atoms with E-state index in [9.17, 15) is 9.18 Å². The van der Waals surface area contributed by atoms with Crippen LogP contribution in [-0.4, -0.2) is 11.1 Å². The molecule has 16 heavy (non-hydrogen) atoms. The zero-order valence-electron chi connectivity index (χ0n) is 8.77. The molecular weight excluding hydrogens is 207 g/mol. The number of benzene rings is 2. The Balaban J connectivity index is 2.75. The van der Waals surface area contributed by atoms with Gasteiger partial charge < -0.3 is 5.11 Å². The Bertz CT molecular complexity index is 549. The average Bonchev–Trinajstić information content (AvgIpc) is 2.28. The van der Waals surface area contributed by atoms with Gasteiger partial charge in [0.15, 0.2) is 0 Å². The van der Waals surface area contributed by atoms with E-state index in [2.05, 4.69) is 0 Å². The van der Waals surface area contributed by atoms with Gasteiger partial charge in [-0.1, -0.05) is 30.3 Å². The van der Waals surface area contributed by atoms with E-state index >= 15 is 0 Å². The normalized spacial score (nSPS) is 12.6. The molecule has 0 bridgehead atoms. The molecule has 0 heterocycles. The van der Waals surface area contributed by atoms with Crippen LogP contribution in [0.1, 0.15) is 18.4 Å². The first-order chi connectivity index (χ1) is 7.61. The molecule has 0 aliphatic heterocycles. The van der Waals surface area contributed by atoms with Crippen LogP contribution < -0.4 is 0 Å². The highest BCUT2D eigenvalue weighted by Crippen LogP contribution is 2.28. The Morgan fingerprint density at radius 2 is 1.94 bits per heavy atom. The monoisotopic (exact) mass is 218 g/mol. The van der Waals surface area contributed by atoms with E-state index in [1.54, 1.807) is 18.2 Å². The molecule has 0 aliphatic carbocycles. The highest BCUT2D eigenvalue weighted by Gasteiger charge is 2.20. The third-order valence-electron chi connectivity index (χ3n) is 2.72. The number of aliphatic carboxylic acids is 1. The molecule has 1 atom stereocenters. The molecule has 0 aromatic heterocycles. The molecular formula is C13H11FO2. The van der Waals surface area contributed by atoms with Crippen LogP contribution in [-0.2, 0) is 4.79 Å². The molecule has 2 rings (SSSR count). The summed E-state index contributed by atoms with van der Waals surface area (Å²) in [6.07, 6.45) is 0. The third kappa shape index (κ3) is 1.65. The van der Waals surface area contributed by atoms with Gasteiger partial charge in [-0.25, -0.2) is 4.39 Å². The van der Waals surface area contributed by atoms with E-state index in [0.717, 1.165) is 5.39 Å². The van der Waals surface area contributed by atoms with E-state index in [-0.39, 0.29) is 5.56 Å². The van der Waals surface area contributed by atoms with Crippen molar-refractivity contribution in [1.29, 1.82) is 0 Å². The van der Waals surface area contributed by atoms with E-state index in [4.69, 9.17) is 5.11 Å². The molecule has 2 aromatic rings. The fraction of sp³-hybridized carbons (Fsp3) is 0.154. The van der Waals surface area contributed by atoms with Gasteiger partial charge in [0.25, 0.3) is 0 Å². The van der Waals surface area contributed by atoms with Crippen LogP contribution in [0.5, 0.6) is 0 Å². The van der Waals surface area contributed by atoms with Crippen LogP contribution in [0.25, 0.3) is 10.8 Å². The Kier molecular flexibility index (Phi) is 2.60. The van der Waals surface area contributed by atoms with Gasteiger partial charge in [0.05, 0.1) is 5.92 Å². The molecule has 1 unspecified atom stereocenters. The SMILES string of the molecule is CC(C(=O)O)c1c(F)ccc2ccccc12. The first-order valence-corrected chi connectivity index (χ1v) is 5.01. The lowest BCUT2D eigenvalue weighted by atomic mass is 9.94. The van der Waals surface area contributed by atoms with Crippen molar-refractivity contribution in [2.45, 2.75) is 12.8 Å². The summed E-state index contributed by atoms with van der Waals surface area (Å²) in [5.74, 6) is -2.32. The summed E-state index contributed by atoms with van der Waals surface area (Å²) in [6.45, 7) is 1.49. The van der Waals surface area contributed by atoms with Gasteiger partial charge in [-0.2, -0.15) is 0 Å². The van der Waals surface area contributed by atoms with Gasteiger partial charge in [0.2, 0.25) is 0 Å². The molecule has 2 aromatic carbocycles. The van der Waals surface area contributed by atoms with E-state index < -0.39 is 17.7 Å². The zero-order valence-corrected chi connectivity index (χ0v) is 8.77. The van der Waals surface area contributed by atoms with Crippen LogP contribution in [0.2, 0.25) is 0 Å². The topological polar surface area (TPSA) is 37.3 Å². The predicted octanol–water partition coefficient (Wildman–Crippen LogP) is 3.17. The fourth-order valence-corrected chi connectivity index (χ4v) is 1.83. The number of carboxylic acids is 1. The van der Waals surface area contributed by atoms with Gasteiger partial charge >= 0.3 is 5.97 Å². The standard InChI is InChI=1S/C13H11FO2/c1-8(13(15)16)12-10-5-3-2-4-9(10)6-7-11(12)14/h2-8H,1H3,(H,15,16). The molecule has 0 saturated heterocycles. The van der Waals surface area contributed by atoms with Crippen molar-refractivity contribution in [3.05, 3.63) is 47.8 Å². The third-order valence-corrected chi connectivity index (χ3v) is 2.72. The van der Waals surface area contributed by atoms with Crippen molar-refractivity contribution >= 4 is 16.7 Å². The van der Waals surface area contributed by atoms with Crippen molar-refractivity contribution in [3.8, 4) is 0 Å². The Labute approximate surface area is 92.3 Å². The second kappa shape index (κ2) is 3.93. The lowest BCUT2D eigenvalue weighted by Crippen LogP contribution is -2.09. The molecule has 1 N–H and O–H groups in total. The number of carboxylic acid groups (broad SMARTS) is 1. The van der Waals surface area contributed by atoms with Crippen LogP contribution >= 0.6 is 0 Å². The Morgan fingerprint density at radius 3 is 2.62 bits per heavy atom. The van der Waals surface area contributed by atoms with Gasteiger partial charge in [0.1, 0.15) is 5.82 Å². The maximum Gasteiger partial charge on any atom is 0.310 e. The number of carbonyl (C=O) groups is 1. The number of halogens is 1. The van der Waals surface area contributed by atoms with Crippen molar-refractivity contribution < 1.29 is 14.3 Å². The van der Waals surface area contributed by atoms with Gasteiger partial charge in [-0.3, -0.25) is 4.79 Å². The van der Waals surface area contributed by atoms with E-state index in [0.29, 0.717) is 5.39 Å². The minimum absolute atomic E-state index is 0.255. The average molecular weight is 218 g/mol. The fourth-order valence-electron chi connectivity index (χ4n) is 1.83. The summed E-state index contributed by atoms with van der Waals surface area (Å²) in [5, 5.41) is 10.5. The lowest BCUT2D eigenvalue weighted by molar-refractivity contribution is -0.138. The maximum atomic E-state index is 13.7. The Hall–Kier alpha value is -1.90. The summed E-state index contributed by atoms with van der Waals surface area (Å²) < 4.78 is 13.7. The van der Waals surface area contributed by atoms with Crippen molar-refractivity contribution in [3.63, 3.8) is 0 Å². The minimum atomic E-state index is -1.02. The summed E-state index contributed by atoms with van der Waals surface area (Å²) in [6, 6.07) is 10.2. The molecule has 0 aliphatic rings.